The van der Waals surface area contributed by atoms with E-state index in [0.717, 1.165) is 26.8 Å². The summed E-state index contributed by atoms with van der Waals surface area (Å²) in [4.78, 5) is 39.4. The van der Waals surface area contributed by atoms with Crippen molar-refractivity contribution in [2.75, 3.05) is 12.0 Å². The SMILES string of the molecule is C=CCc1cc(/C=C2\C(=O)NC(=O)N(c3ccc(Cl)cc3)C2=O)cc(OC)c1OCc1cccc2ccccc12. The van der Waals surface area contributed by atoms with E-state index < -0.39 is 17.8 Å². The Kier molecular flexibility index (Phi) is 7.66. The van der Waals surface area contributed by atoms with Gasteiger partial charge in [-0.1, -0.05) is 60.1 Å². The molecule has 8 heteroatoms. The summed E-state index contributed by atoms with van der Waals surface area (Å²) in [6, 6.07) is 23.0. The highest BCUT2D eigenvalue weighted by molar-refractivity contribution is 6.39. The lowest BCUT2D eigenvalue weighted by Crippen LogP contribution is -2.54. The first-order valence-electron chi connectivity index (χ1n) is 12.5. The van der Waals surface area contributed by atoms with Gasteiger partial charge < -0.3 is 9.47 Å². The number of hydrogen-bond donors (Lipinski definition) is 1. The van der Waals surface area contributed by atoms with Crippen LogP contribution in [-0.4, -0.2) is 25.0 Å². The highest BCUT2D eigenvalue weighted by Gasteiger charge is 2.36. The molecule has 4 aromatic carbocycles. The second kappa shape index (κ2) is 11.5. The van der Waals surface area contributed by atoms with Crippen LogP contribution < -0.4 is 19.7 Å². The van der Waals surface area contributed by atoms with Gasteiger partial charge in [-0.25, -0.2) is 9.69 Å². The Morgan fingerprint density at radius 2 is 1.70 bits per heavy atom. The molecule has 0 atom stereocenters. The highest BCUT2D eigenvalue weighted by Crippen LogP contribution is 2.36. The lowest BCUT2D eigenvalue weighted by Gasteiger charge is -2.26. The van der Waals surface area contributed by atoms with Crippen LogP contribution in [0.5, 0.6) is 11.5 Å². The molecule has 1 heterocycles. The van der Waals surface area contributed by atoms with Gasteiger partial charge in [0.25, 0.3) is 11.8 Å². The van der Waals surface area contributed by atoms with Crippen LogP contribution in [0.25, 0.3) is 16.8 Å². The van der Waals surface area contributed by atoms with Crippen LogP contribution in [0.3, 0.4) is 0 Å². The predicted octanol–water partition coefficient (Wildman–Crippen LogP) is 6.48. The molecule has 0 saturated carbocycles. The number of carbonyl (C=O) groups is 3. The number of carbonyl (C=O) groups excluding carboxylic acids is 3. The van der Waals surface area contributed by atoms with Crippen LogP contribution in [0.1, 0.15) is 16.7 Å². The number of ether oxygens (including phenoxy) is 2. The van der Waals surface area contributed by atoms with Crippen molar-refractivity contribution in [2.24, 2.45) is 0 Å². The van der Waals surface area contributed by atoms with Gasteiger partial charge in [0.2, 0.25) is 0 Å². The number of allylic oxidation sites excluding steroid dienone is 1. The summed E-state index contributed by atoms with van der Waals surface area (Å²) in [6.07, 6.45) is 3.61. The number of benzene rings is 4. The van der Waals surface area contributed by atoms with E-state index in [2.05, 4.69) is 30.1 Å². The number of nitrogens with zero attached hydrogens (tertiary/aromatic N) is 1. The molecule has 1 saturated heterocycles. The van der Waals surface area contributed by atoms with E-state index in [1.807, 2.05) is 24.3 Å². The molecule has 0 spiro atoms. The summed E-state index contributed by atoms with van der Waals surface area (Å²) in [6.45, 7) is 4.16. The summed E-state index contributed by atoms with van der Waals surface area (Å²) in [5.41, 5.74) is 2.39. The van der Waals surface area contributed by atoms with Crippen molar-refractivity contribution in [2.45, 2.75) is 13.0 Å². The zero-order valence-electron chi connectivity index (χ0n) is 21.6. The zero-order valence-corrected chi connectivity index (χ0v) is 22.4. The van der Waals surface area contributed by atoms with Gasteiger partial charge in [0.15, 0.2) is 11.5 Å². The number of nitrogens with one attached hydrogen (secondary N) is 1. The summed E-state index contributed by atoms with van der Waals surface area (Å²) in [7, 11) is 1.52. The fourth-order valence-corrected chi connectivity index (χ4v) is 4.73. The lowest BCUT2D eigenvalue weighted by molar-refractivity contribution is -0.122. The fourth-order valence-electron chi connectivity index (χ4n) is 4.61. The van der Waals surface area contributed by atoms with E-state index >= 15 is 0 Å². The minimum atomic E-state index is -0.836. The Balaban J connectivity index is 1.49. The van der Waals surface area contributed by atoms with E-state index in [1.54, 1.807) is 30.3 Å². The maximum atomic E-state index is 13.3. The molecule has 0 aliphatic carbocycles. The molecule has 0 bridgehead atoms. The summed E-state index contributed by atoms with van der Waals surface area (Å²) < 4.78 is 11.9. The molecule has 0 radical (unpaired) electrons. The number of amides is 4. The molecule has 1 fully saturated rings. The molecule has 7 nitrogen and oxygen atoms in total. The second-order valence-corrected chi connectivity index (χ2v) is 9.50. The molecule has 1 aliphatic heterocycles. The zero-order chi connectivity index (χ0) is 28.2. The minimum Gasteiger partial charge on any atom is -0.493 e. The molecule has 200 valence electrons. The molecular weight excluding hydrogens is 528 g/mol. The van der Waals surface area contributed by atoms with Crippen LogP contribution >= 0.6 is 11.6 Å². The van der Waals surface area contributed by atoms with Crippen LogP contribution in [0.2, 0.25) is 5.02 Å². The topological polar surface area (TPSA) is 84.9 Å². The second-order valence-electron chi connectivity index (χ2n) is 9.07. The quantitative estimate of drug-likeness (QED) is 0.154. The highest BCUT2D eigenvalue weighted by atomic mass is 35.5. The summed E-state index contributed by atoms with van der Waals surface area (Å²) >= 11 is 5.95. The van der Waals surface area contributed by atoms with Gasteiger partial charge in [-0.3, -0.25) is 14.9 Å². The van der Waals surface area contributed by atoms with E-state index in [4.69, 9.17) is 21.1 Å². The van der Waals surface area contributed by atoms with Crippen LogP contribution in [0.4, 0.5) is 10.5 Å². The average Bonchev–Trinajstić information content (AvgIpc) is 2.95. The Hall–Kier alpha value is -4.88. The fraction of sp³-hybridized carbons (Fsp3) is 0.0938. The molecule has 0 aromatic heterocycles. The number of halogens is 1. The van der Waals surface area contributed by atoms with E-state index in [0.29, 0.717) is 35.1 Å². The molecule has 4 aromatic rings. The molecule has 5 rings (SSSR count). The van der Waals surface area contributed by atoms with Crippen LogP contribution in [0.15, 0.2) is 97.1 Å². The number of urea groups is 1. The molecule has 40 heavy (non-hydrogen) atoms. The lowest BCUT2D eigenvalue weighted by atomic mass is 10.0. The molecular formula is C32H25ClN2O5. The third-order valence-corrected chi connectivity index (χ3v) is 6.74. The number of anilines is 1. The van der Waals surface area contributed by atoms with Crippen molar-refractivity contribution < 1.29 is 23.9 Å². The number of barbiturate groups is 1. The first-order chi connectivity index (χ1) is 19.4. The number of imide groups is 2. The number of rotatable bonds is 8. The third-order valence-electron chi connectivity index (χ3n) is 6.49. The van der Waals surface area contributed by atoms with Crippen molar-refractivity contribution in [3.8, 4) is 11.5 Å². The monoisotopic (exact) mass is 552 g/mol. The first kappa shape index (κ1) is 26.7. The Morgan fingerprint density at radius 3 is 2.45 bits per heavy atom. The number of hydrogen-bond acceptors (Lipinski definition) is 5. The molecule has 1 aliphatic rings. The van der Waals surface area contributed by atoms with Crippen molar-refractivity contribution >= 4 is 52.0 Å². The Labute approximate surface area is 236 Å². The molecule has 1 N–H and O–H groups in total. The average molecular weight is 553 g/mol. The van der Waals surface area contributed by atoms with E-state index in [1.165, 1.54) is 25.3 Å². The number of fused-ring (bicyclic) bond motifs is 1. The van der Waals surface area contributed by atoms with Crippen LogP contribution in [0, 0.1) is 0 Å². The van der Waals surface area contributed by atoms with Crippen molar-refractivity contribution in [3.05, 3.63) is 119 Å². The third kappa shape index (κ3) is 5.32. The van der Waals surface area contributed by atoms with E-state index in [-0.39, 0.29) is 11.3 Å². The minimum absolute atomic E-state index is 0.203. The van der Waals surface area contributed by atoms with Crippen molar-refractivity contribution in [1.82, 2.24) is 5.32 Å². The van der Waals surface area contributed by atoms with Gasteiger partial charge in [0.1, 0.15) is 12.2 Å². The predicted molar refractivity (Wildman–Crippen MR) is 156 cm³/mol. The number of methoxy groups -OCH3 is 1. The van der Waals surface area contributed by atoms with Gasteiger partial charge >= 0.3 is 6.03 Å². The molecule has 0 unspecified atom stereocenters. The van der Waals surface area contributed by atoms with Crippen molar-refractivity contribution in [3.63, 3.8) is 0 Å². The van der Waals surface area contributed by atoms with Gasteiger partial charge in [0, 0.05) is 10.6 Å². The normalized spacial score (nSPS) is 14.4. The van der Waals surface area contributed by atoms with Gasteiger partial charge in [-0.15, -0.1) is 6.58 Å². The van der Waals surface area contributed by atoms with E-state index in [9.17, 15) is 14.4 Å². The maximum Gasteiger partial charge on any atom is 0.335 e. The summed E-state index contributed by atoms with van der Waals surface area (Å²) in [5.74, 6) is -0.576. The molecule has 4 amide bonds. The Bertz CT molecular complexity index is 1670. The van der Waals surface area contributed by atoms with Gasteiger partial charge in [-0.05, 0) is 70.8 Å². The van der Waals surface area contributed by atoms with Gasteiger partial charge in [-0.2, -0.15) is 0 Å². The maximum absolute atomic E-state index is 13.3. The smallest absolute Gasteiger partial charge is 0.335 e. The first-order valence-corrected chi connectivity index (χ1v) is 12.9. The standard InChI is InChI=1S/C32H25ClN2O5/c1-3-7-22-16-20(17-27-30(36)34-32(38)35(31(27)37)25-14-12-24(33)13-15-25)18-28(39-2)29(22)40-19-23-10-6-9-21-8-4-5-11-26(21)23/h3-6,8-18H,1,7,19H2,2H3,(H,34,36,38)/b27-17+. The Morgan fingerprint density at radius 1 is 0.950 bits per heavy atom. The van der Waals surface area contributed by atoms with Gasteiger partial charge in [0.05, 0.1) is 12.8 Å². The van der Waals surface area contributed by atoms with Crippen LogP contribution in [-0.2, 0) is 22.6 Å². The van der Waals surface area contributed by atoms with Crippen molar-refractivity contribution in [1.29, 1.82) is 0 Å². The largest absolute Gasteiger partial charge is 0.493 e. The summed E-state index contributed by atoms with van der Waals surface area (Å²) in [5, 5.41) is 4.89.